The molecule has 6 heteroatoms. The Morgan fingerprint density at radius 2 is 0.623 bits per heavy atom. The number of hydrogen-bond acceptors (Lipinski definition) is 6. The van der Waals surface area contributed by atoms with Crippen molar-refractivity contribution in [3.63, 3.8) is 0 Å². The first-order chi connectivity index (χ1) is 29.8. The molecule has 0 fully saturated rings. The number of rotatable bonds is 49. The molecule has 0 aliphatic carbocycles. The number of ether oxygens (including phenoxy) is 3. The van der Waals surface area contributed by atoms with Crippen LogP contribution in [0.3, 0.4) is 0 Å². The van der Waals surface area contributed by atoms with Crippen LogP contribution in [0.2, 0.25) is 0 Å². The van der Waals surface area contributed by atoms with Gasteiger partial charge in [0.15, 0.2) is 6.10 Å². The molecule has 6 nitrogen and oxygen atoms in total. The van der Waals surface area contributed by atoms with Crippen molar-refractivity contribution in [2.75, 3.05) is 13.2 Å². The van der Waals surface area contributed by atoms with Crippen LogP contribution in [0.1, 0.15) is 304 Å². The van der Waals surface area contributed by atoms with E-state index in [4.69, 9.17) is 14.2 Å². The lowest BCUT2D eigenvalue weighted by Gasteiger charge is -2.18. The molecule has 2 atom stereocenters. The predicted molar refractivity (Wildman–Crippen MR) is 261 cm³/mol. The second-order valence-corrected chi connectivity index (χ2v) is 19.6. The molecule has 0 aromatic heterocycles. The monoisotopic (exact) mass is 863 g/mol. The van der Waals surface area contributed by atoms with Crippen molar-refractivity contribution in [1.29, 1.82) is 0 Å². The van der Waals surface area contributed by atoms with Crippen LogP contribution in [0.4, 0.5) is 0 Å². The van der Waals surface area contributed by atoms with Gasteiger partial charge in [-0.05, 0) is 31.1 Å². The van der Waals surface area contributed by atoms with Gasteiger partial charge in [-0.2, -0.15) is 0 Å². The Bertz CT molecular complexity index is 933. The van der Waals surface area contributed by atoms with Crippen LogP contribution in [-0.2, 0) is 28.6 Å². The summed E-state index contributed by atoms with van der Waals surface area (Å²) in [6, 6.07) is 0. The Morgan fingerprint density at radius 3 is 0.934 bits per heavy atom. The molecule has 0 rings (SSSR count). The van der Waals surface area contributed by atoms with Crippen LogP contribution in [0.25, 0.3) is 0 Å². The minimum atomic E-state index is -0.762. The quantitative estimate of drug-likeness (QED) is 0.0344. The fraction of sp³-hybridized carbons (Fsp3) is 0.945. The standard InChI is InChI=1S/C55H106O6/c1-6-8-9-10-11-12-13-19-25-30-35-40-45-53(56)59-48-52(49-60-54(57)46-41-36-31-26-22-21-23-28-33-38-43-50(3)4)61-55(58)47-42-37-32-27-20-17-15-14-16-18-24-29-34-39-44-51(5)7-2/h50-52H,6-49H2,1-5H3/t51?,52-/m1/s1. The third kappa shape index (κ3) is 47.7. The molecule has 0 amide bonds. The van der Waals surface area contributed by atoms with E-state index in [1.165, 1.54) is 193 Å². The summed E-state index contributed by atoms with van der Waals surface area (Å²) < 4.78 is 16.8. The van der Waals surface area contributed by atoms with Crippen LogP contribution in [0, 0.1) is 11.8 Å². The van der Waals surface area contributed by atoms with Crippen molar-refractivity contribution in [3.05, 3.63) is 0 Å². The zero-order valence-corrected chi connectivity index (χ0v) is 41.8. The number of carbonyl (C=O) groups excluding carboxylic acids is 3. The molecule has 0 aliphatic heterocycles. The van der Waals surface area contributed by atoms with E-state index in [0.29, 0.717) is 19.3 Å². The molecule has 61 heavy (non-hydrogen) atoms. The smallest absolute Gasteiger partial charge is 0.306 e. The van der Waals surface area contributed by atoms with Gasteiger partial charge >= 0.3 is 17.9 Å². The largest absolute Gasteiger partial charge is 0.462 e. The first-order valence-corrected chi connectivity index (χ1v) is 27.3. The Hall–Kier alpha value is -1.59. The van der Waals surface area contributed by atoms with Crippen LogP contribution in [0.15, 0.2) is 0 Å². The van der Waals surface area contributed by atoms with E-state index in [-0.39, 0.29) is 31.1 Å². The fourth-order valence-corrected chi connectivity index (χ4v) is 8.31. The predicted octanol–water partition coefficient (Wildman–Crippen LogP) is 17.7. The summed E-state index contributed by atoms with van der Waals surface area (Å²) in [4.78, 5) is 38.0. The normalized spacial score (nSPS) is 12.5. The first kappa shape index (κ1) is 59.4. The first-order valence-electron chi connectivity index (χ1n) is 27.3. The van der Waals surface area contributed by atoms with Crippen LogP contribution >= 0.6 is 0 Å². The molecule has 0 N–H and O–H groups in total. The molecule has 362 valence electrons. The van der Waals surface area contributed by atoms with Crippen LogP contribution in [0.5, 0.6) is 0 Å². The maximum atomic E-state index is 12.8. The molecule has 0 aliphatic rings. The number of esters is 3. The summed E-state index contributed by atoms with van der Waals surface area (Å²) in [6.45, 7) is 11.4. The average molecular weight is 863 g/mol. The molecule has 0 heterocycles. The van der Waals surface area contributed by atoms with Crippen molar-refractivity contribution >= 4 is 17.9 Å². The molecular weight excluding hydrogens is 757 g/mol. The van der Waals surface area contributed by atoms with Gasteiger partial charge in [0.2, 0.25) is 0 Å². The minimum Gasteiger partial charge on any atom is -0.462 e. The van der Waals surface area contributed by atoms with E-state index in [2.05, 4.69) is 34.6 Å². The summed E-state index contributed by atoms with van der Waals surface area (Å²) in [5.74, 6) is 0.868. The lowest BCUT2D eigenvalue weighted by Crippen LogP contribution is -2.30. The lowest BCUT2D eigenvalue weighted by atomic mass is 9.99. The van der Waals surface area contributed by atoms with Crippen LogP contribution in [-0.4, -0.2) is 37.2 Å². The molecule has 0 aromatic carbocycles. The maximum Gasteiger partial charge on any atom is 0.306 e. The van der Waals surface area contributed by atoms with Crippen molar-refractivity contribution in [2.24, 2.45) is 11.8 Å². The van der Waals surface area contributed by atoms with E-state index in [0.717, 1.165) is 69.6 Å². The molecule has 0 saturated heterocycles. The molecule has 0 bridgehead atoms. The Labute approximate surface area is 380 Å². The van der Waals surface area contributed by atoms with E-state index >= 15 is 0 Å². The van der Waals surface area contributed by atoms with Crippen molar-refractivity contribution in [2.45, 2.75) is 310 Å². The van der Waals surface area contributed by atoms with Crippen molar-refractivity contribution in [1.82, 2.24) is 0 Å². The van der Waals surface area contributed by atoms with Gasteiger partial charge in [0.1, 0.15) is 13.2 Å². The fourth-order valence-electron chi connectivity index (χ4n) is 8.31. The summed E-state index contributed by atoms with van der Waals surface area (Å²) >= 11 is 0. The van der Waals surface area contributed by atoms with E-state index < -0.39 is 6.10 Å². The summed E-state index contributed by atoms with van der Waals surface area (Å²) in [7, 11) is 0. The molecule has 1 unspecified atom stereocenters. The summed E-state index contributed by atoms with van der Waals surface area (Å²) in [5.41, 5.74) is 0. The number of unbranched alkanes of at least 4 members (excludes halogenated alkanes) is 33. The zero-order valence-electron chi connectivity index (χ0n) is 41.8. The Kier molecular flexibility index (Phi) is 46.6. The van der Waals surface area contributed by atoms with Gasteiger partial charge in [-0.15, -0.1) is 0 Å². The van der Waals surface area contributed by atoms with Crippen molar-refractivity contribution in [3.8, 4) is 0 Å². The third-order valence-electron chi connectivity index (χ3n) is 12.8. The van der Waals surface area contributed by atoms with E-state index in [9.17, 15) is 14.4 Å². The van der Waals surface area contributed by atoms with E-state index in [1.807, 2.05) is 0 Å². The van der Waals surface area contributed by atoms with Gasteiger partial charge < -0.3 is 14.2 Å². The zero-order chi connectivity index (χ0) is 44.7. The average Bonchev–Trinajstić information content (AvgIpc) is 3.24. The highest BCUT2D eigenvalue weighted by atomic mass is 16.6. The molecule has 0 radical (unpaired) electrons. The van der Waals surface area contributed by atoms with Gasteiger partial charge in [-0.1, -0.05) is 266 Å². The second-order valence-electron chi connectivity index (χ2n) is 19.6. The Balaban J connectivity index is 4.30. The van der Waals surface area contributed by atoms with Gasteiger partial charge in [-0.25, -0.2) is 0 Å². The van der Waals surface area contributed by atoms with Gasteiger partial charge in [0, 0.05) is 19.3 Å². The highest BCUT2D eigenvalue weighted by Crippen LogP contribution is 2.18. The SMILES string of the molecule is CCCCCCCCCCCCCCC(=O)OC[C@H](COC(=O)CCCCCCCCCCCCC(C)C)OC(=O)CCCCCCCCCCCCCCCCC(C)CC. The van der Waals surface area contributed by atoms with Gasteiger partial charge in [0.25, 0.3) is 0 Å². The second kappa shape index (κ2) is 47.9. The number of carbonyl (C=O) groups is 3. The maximum absolute atomic E-state index is 12.8. The van der Waals surface area contributed by atoms with Crippen molar-refractivity contribution < 1.29 is 28.6 Å². The van der Waals surface area contributed by atoms with Crippen LogP contribution < -0.4 is 0 Å². The molecule has 0 spiro atoms. The molecule has 0 saturated carbocycles. The lowest BCUT2D eigenvalue weighted by molar-refractivity contribution is -0.167. The highest BCUT2D eigenvalue weighted by molar-refractivity contribution is 5.71. The minimum absolute atomic E-state index is 0.0633. The van der Waals surface area contributed by atoms with Gasteiger partial charge in [0.05, 0.1) is 0 Å². The Morgan fingerprint density at radius 1 is 0.344 bits per heavy atom. The summed E-state index contributed by atoms with van der Waals surface area (Å²) in [6.07, 6.45) is 49.4. The van der Waals surface area contributed by atoms with Gasteiger partial charge in [-0.3, -0.25) is 14.4 Å². The topological polar surface area (TPSA) is 78.9 Å². The summed E-state index contributed by atoms with van der Waals surface area (Å²) in [5, 5.41) is 0. The number of hydrogen-bond donors (Lipinski definition) is 0. The highest BCUT2D eigenvalue weighted by Gasteiger charge is 2.19. The molecule has 0 aromatic rings. The van der Waals surface area contributed by atoms with E-state index in [1.54, 1.807) is 0 Å². The third-order valence-corrected chi connectivity index (χ3v) is 12.8. The molecular formula is C55H106O6.